The van der Waals surface area contributed by atoms with E-state index in [1.165, 1.54) is 38.5 Å². The van der Waals surface area contributed by atoms with Crippen LogP contribution in [0.1, 0.15) is 32.1 Å². The molecule has 132 valence electrons. The topological polar surface area (TPSA) is 50.8 Å². The Labute approximate surface area is 142 Å². The van der Waals surface area contributed by atoms with Crippen molar-refractivity contribution in [2.45, 2.75) is 38.2 Å². The number of carbonyl (C=O) groups is 1. The minimum absolute atomic E-state index is 0.123. The van der Waals surface area contributed by atoms with Crippen LogP contribution in [0.2, 0.25) is 0 Å². The predicted octanol–water partition coefficient (Wildman–Crippen LogP) is 3.65. The van der Waals surface area contributed by atoms with E-state index in [0.717, 1.165) is 26.0 Å². The highest BCUT2D eigenvalue weighted by atomic mass is 19.1. The maximum atomic E-state index is 13.5. The number of urea groups is 1. The van der Waals surface area contributed by atoms with Crippen LogP contribution in [0.3, 0.4) is 0 Å². The summed E-state index contributed by atoms with van der Waals surface area (Å²) < 4.78 is 24.1. The number of anilines is 1. The molecule has 1 N–H and O–H groups in total. The molecule has 1 aliphatic carbocycles. The second kappa shape index (κ2) is 7.83. The molecule has 0 unspecified atom stereocenters. The Hall–Kier alpha value is -1.82. The first-order valence-corrected chi connectivity index (χ1v) is 8.67. The lowest BCUT2D eigenvalue weighted by Crippen LogP contribution is -2.44. The SMILES string of the molecule is COc1cc(NC(=O)N(CC2CCC2)C[C@@H]2CCCO2)ccc1F. The summed E-state index contributed by atoms with van der Waals surface area (Å²) in [6.07, 6.45) is 5.78. The number of hydrogen-bond donors (Lipinski definition) is 1. The highest BCUT2D eigenvalue weighted by Gasteiger charge is 2.27. The van der Waals surface area contributed by atoms with Crippen molar-refractivity contribution in [3.05, 3.63) is 24.0 Å². The van der Waals surface area contributed by atoms with Gasteiger partial charge in [0.2, 0.25) is 0 Å². The number of amides is 2. The van der Waals surface area contributed by atoms with E-state index in [-0.39, 0.29) is 17.9 Å². The standard InChI is InChI=1S/C18H25FN2O3/c1-23-17-10-14(7-8-16(17)19)20-18(22)21(11-13-4-2-5-13)12-15-6-3-9-24-15/h7-8,10,13,15H,2-6,9,11-12H2,1H3,(H,20,22)/t15-/m0/s1. The van der Waals surface area contributed by atoms with Crippen LogP contribution in [0.25, 0.3) is 0 Å². The fraction of sp³-hybridized carbons (Fsp3) is 0.611. The van der Waals surface area contributed by atoms with Gasteiger partial charge in [-0.3, -0.25) is 0 Å². The quantitative estimate of drug-likeness (QED) is 0.863. The molecule has 1 saturated carbocycles. The van der Waals surface area contributed by atoms with Crippen LogP contribution in [0.4, 0.5) is 14.9 Å². The third-order valence-electron chi connectivity index (χ3n) is 4.84. The Morgan fingerprint density at radius 2 is 2.17 bits per heavy atom. The van der Waals surface area contributed by atoms with E-state index in [2.05, 4.69) is 5.32 Å². The Morgan fingerprint density at radius 3 is 2.79 bits per heavy atom. The maximum Gasteiger partial charge on any atom is 0.321 e. The summed E-state index contributed by atoms with van der Waals surface area (Å²) in [6.45, 7) is 2.14. The summed E-state index contributed by atoms with van der Waals surface area (Å²) in [6, 6.07) is 4.18. The smallest absolute Gasteiger partial charge is 0.321 e. The van der Waals surface area contributed by atoms with Gasteiger partial charge in [0, 0.05) is 31.5 Å². The van der Waals surface area contributed by atoms with Crippen molar-refractivity contribution in [1.29, 1.82) is 0 Å². The molecule has 1 aromatic rings. The summed E-state index contributed by atoms with van der Waals surface area (Å²) in [7, 11) is 1.41. The number of carbonyl (C=O) groups excluding carboxylic acids is 1. The van der Waals surface area contributed by atoms with E-state index >= 15 is 0 Å². The normalized spacial score (nSPS) is 20.5. The Morgan fingerprint density at radius 1 is 1.33 bits per heavy atom. The minimum atomic E-state index is -0.443. The van der Waals surface area contributed by atoms with Gasteiger partial charge >= 0.3 is 6.03 Å². The molecule has 0 bridgehead atoms. The van der Waals surface area contributed by atoms with Gasteiger partial charge in [-0.2, -0.15) is 0 Å². The lowest BCUT2D eigenvalue weighted by atomic mass is 9.85. The summed E-state index contributed by atoms with van der Waals surface area (Å²) >= 11 is 0. The number of ether oxygens (including phenoxy) is 2. The van der Waals surface area contributed by atoms with Crippen LogP contribution in [-0.2, 0) is 4.74 Å². The van der Waals surface area contributed by atoms with E-state index in [9.17, 15) is 9.18 Å². The first-order valence-electron chi connectivity index (χ1n) is 8.67. The third kappa shape index (κ3) is 4.17. The Bertz CT molecular complexity index is 571. The van der Waals surface area contributed by atoms with Crippen molar-refractivity contribution in [3.63, 3.8) is 0 Å². The van der Waals surface area contributed by atoms with E-state index in [0.29, 0.717) is 18.2 Å². The van der Waals surface area contributed by atoms with Crippen LogP contribution in [0.5, 0.6) is 5.75 Å². The number of methoxy groups -OCH3 is 1. The number of hydrogen-bond acceptors (Lipinski definition) is 3. The molecule has 2 amide bonds. The first-order chi connectivity index (χ1) is 11.7. The number of halogens is 1. The van der Waals surface area contributed by atoms with Crippen molar-refractivity contribution >= 4 is 11.7 Å². The predicted molar refractivity (Wildman–Crippen MR) is 89.9 cm³/mol. The van der Waals surface area contributed by atoms with E-state index < -0.39 is 5.82 Å². The van der Waals surface area contributed by atoms with E-state index in [1.54, 1.807) is 6.07 Å². The second-order valence-corrected chi connectivity index (χ2v) is 6.62. The van der Waals surface area contributed by atoms with Crippen LogP contribution in [-0.4, -0.2) is 43.8 Å². The summed E-state index contributed by atoms with van der Waals surface area (Å²) in [5, 5.41) is 2.86. The van der Waals surface area contributed by atoms with Gasteiger partial charge in [0.15, 0.2) is 11.6 Å². The lowest BCUT2D eigenvalue weighted by Gasteiger charge is -2.33. The highest BCUT2D eigenvalue weighted by Crippen LogP contribution is 2.28. The zero-order valence-corrected chi connectivity index (χ0v) is 14.1. The molecule has 0 radical (unpaired) electrons. The Balaban J connectivity index is 1.64. The highest BCUT2D eigenvalue weighted by molar-refractivity contribution is 5.89. The zero-order valence-electron chi connectivity index (χ0n) is 14.1. The summed E-state index contributed by atoms with van der Waals surface area (Å²) in [4.78, 5) is 14.5. The molecule has 1 aliphatic heterocycles. The van der Waals surface area contributed by atoms with Crippen LogP contribution in [0, 0.1) is 11.7 Å². The molecule has 6 heteroatoms. The Kier molecular flexibility index (Phi) is 5.56. The lowest BCUT2D eigenvalue weighted by molar-refractivity contribution is 0.0748. The monoisotopic (exact) mass is 336 g/mol. The molecule has 2 fully saturated rings. The van der Waals surface area contributed by atoms with Crippen molar-refractivity contribution in [2.24, 2.45) is 5.92 Å². The molecule has 5 nitrogen and oxygen atoms in total. The van der Waals surface area contributed by atoms with Gasteiger partial charge < -0.3 is 19.7 Å². The van der Waals surface area contributed by atoms with Crippen molar-refractivity contribution in [2.75, 3.05) is 32.1 Å². The number of rotatable bonds is 6. The third-order valence-corrected chi connectivity index (χ3v) is 4.84. The molecule has 1 atom stereocenters. The van der Waals surface area contributed by atoms with Gasteiger partial charge in [-0.05, 0) is 43.7 Å². The minimum Gasteiger partial charge on any atom is -0.494 e. The number of nitrogens with one attached hydrogen (secondary N) is 1. The molecule has 1 aromatic carbocycles. The van der Waals surface area contributed by atoms with E-state index in [4.69, 9.17) is 9.47 Å². The van der Waals surface area contributed by atoms with Gasteiger partial charge in [-0.1, -0.05) is 6.42 Å². The van der Waals surface area contributed by atoms with Gasteiger partial charge in [0.05, 0.1) is 13.2 Å². The van der Waals surface area contributed by atoms with Gasteiger partial charge in [0.1, 0.15) is 0 Å². The van der Waals surface area contributed by atoms with Crippen LogP contribution in [0.15, 0.2) is 18.2 Å². The summed E-state index contributed by atoms with van der Waals surface area (Å²) in [5.41, 5.74) is 0.532. The largest absolute Gasteiger partial charge is 0.494 e. The van der Waals surface area contributed by atoms with Gasteiger partial charge in [-0.15, -0.1) is 0 Å². The van der Waals surface area contributed by atoms with Crippen molar-refractivity contribution < 1.29 is 18.7 Å². The second-order valence-electron chi connectivity index (χ2n) is 6.62. The van der Waals surface area contributed by atoms with Gasteiger partial charge in [-0.25, -0.2) is 9.18 Å². The summed E-state index contributed by atoms with van der Waals surface area (Å²) in [5.74, 6) is 0.263. The van der Waals surface area contributed by atoms with Gasteiger partial charge in [0.25, 0.3) is 0 Å². The van der Waals surface area contributed by atoms with E-state index in [1.807, 2.05) is 4.90 Å². The maximum absolute atomic E-state index is 13.5. The molecule has 1 saturated heterocycles. The molecule has 1 heterocycles. The molecule has 3 rings (SSSR count). The number of benzene rings is 1. The fourth-order valence-electron chi connectivity index (χ4n) is 3.20. The molecular formula is C18H25FN2O3. The molecule has 24 heavy (non-hydrogen) atoms. The molecule has 0 spiro atoms. The first kappa shape index (κ1) is 17.0. The zero-order chi connectivity index (χ0) is 16.9. The van der Waals surface area contributed by atoms with Crippen LogP contribution < -0.4 is 10.1 Å². The van der Waals surface area contributed by atoms with Crippen LogP contribution >= 0.6 is 0 Å². The molecule has 0 aromatic heterocycles. The van der Waals surface area contributed by atoms with Crippen molar-refractivity contribution in [3.8, 4) is 5.75 Å². The van der Waals surface area contributed by atoms with Crippen molar-refractivity contribution in [1.82, 2.24) is 4.90 Å². The fourth-order valence-corrected chi connectivity index (χ4v) is 3.20. The number of nitrogens with zero attached hydrogens (tertiary/aromatic N) is 1. The molecule has 2 aliphatic rings. The average Bonchev–Trinajstić information content (AvgIpc) is 3.04. The average molecular weight is 336 g/mol. The molecular weight excluding hydrogens is 311 g/mol.